The van der Waals surface area contributed by atoms with Crippen molar-refractivity contribution in [3.63, 3.8) is 0 Å². The molecule has 90 valence electrons. The zero-order chi connectivity index (χ0) is 12.4. The van der Waals surface area contributed by atoms with E-state index in [2.05, 4.69) is 37.5 Å². The number of aryl methyl sites for hydroxylation is 3. The Morgan fingerprint density at radius 3 is 2.47 bits per heavy atom. The number of benzene rings is 1. The molecule has 0 aliphatic heterocycles. The molecular weight excluding hydrogens is 212 g/mol. The molecule has 0 aliphatic carbocycles. The van der Waals surface area contributed by atoms with Crippen LogP contribution in [0.3, 0.4) is 0 Å². The van der Waals surface area contributed by atoms with E-state index in [-0.39, 0.29) is 6.04 Å². The molecule has 0 saturated carbocycles. The molecule has 0 spiro atoms. The Labute approximate surface area is 102 Å². The summed E-state index contributed by atoms with van der Waals surface area (Å²) in [5.74, 6) is 7.40. The monoisotopic (exact) mass is 230 g/mol. The average Bonchev–Trinajstić information content (AvgIpc) is 2.71. The van der Waals surface area contributed by atoms with Crippen molar-refractivity contribution in [2.45, 2.75) is 26.8 Å². The van der Waals surface area contributed by atoms with Gasteiger partial charge in [0.05, 0.1) is 0 Å². The third kappa shape index (κ3) is 2.40. The molecule has 2 rings (SSSR count). The van der Waals surface area contributed by atoms with Crippen molar-refractivity contribution in [1.82, 2.24) is 5.43 Å². The van der Waals surface area contributed by atoms with Gasteiger partial charge in [0.2, 0.25) is 0 Å². The lowest BCUT2D eigenvalue weighted by molar-refractivity contribution is 0.434. The largest absolute Gasteiger partial charge is 0.464 e. The van der Waals surface area contributed by atoms with Crippen molar-refractivity contribution in [2.24, 2.45) is 5.84 Å². The van der Waals surface area contributed by atoms with Crippen molar-refractivity contribution < 1.29 is 4.42 Å². The van der Waals surface area contributed by atoms with Gasteiger partial charge in [0, 0.05) is 0 Å². The molecule has 1 atom stereocenters. The second-order valence-electron chi connectivity index (χ2n) is 4.41. The third-order valence-corrected chi connectivity index (χ3v) is 2.96. The van der Waals surface area contributed by atoms with E-state index in [9.17, 15) is 0 Å². The van der Waals surface area contributed by atoms with E-state index in [1.807, 2.05) is 19.1 Å². The smallest absolute Gasteiger partial charge is 0.126 e. The SMILES string of the molecule is Cc1ccc(C)c(C(NN)c2ccc(C)o2)c1. The molecule has 3 heteroatoms. The van der Waals surface area contributed by atoms with Crippen LogP contribution in [0.25, 0.3) is 0 Å². The summed E-state index contributed by atoms with van der Waals surface area (Å²) >= 11 is 0. The van der Waals surface area contributed by atoms with E-state index >= 15 is 0 Å². The van der Waals surface area contributed by atoms with E-state index < -0.39 is 0 Å². The van der Waals surface area contributed by atoms with Crippen LogP contribution in [-0.2, 0) is 0 Å². The van der Waals surface area contributed by atoms with Gasteiger partial charge >= 0.3 is 0 Å². The van der Waals surface area contributed by atoms with Crippen LogP contribution in [0, 0.1) is 20.8 Å². The number of nitrogens with two attached hydrogens (primary N) is 1. The molecule has 0 fully saturated rings. The van der Waals surface area contributed by atoms with Crippen LogP contribution in [0.4, 0.5) is 0 Å². The maximum absolute atomic E-state index is 5.66. The highest BCUT2D eigenvalue weighted by Crippen LogP contribution is 2.26. The van der Waals surface area contributed by atoms with Crippen LogP contribution in [0.15, 0.2) is 34.7 Å². The molecule has 0 bridgehead atoms. The second kappa shape index (κ2) is 4.73. The molecule has 0 amide bonds. The minimum Gasteiger partial charge on any atom is -0.464 e. The van der Waals surface area contributed by atoms with E-state index in [4.69, 9.17) is 10.3 Å². The number of hydrogen-bond acceptors (Lipinski definition) is 3. The average molecular weight is 230 g/mol. The van der Waals surface area contributed by atoms with Gasteiger partial charge < -0.3 is 4.42 Å². The molecule has 1 aromatic heterocycles. The Morgan fingerprint density at radius 2 is 1.88 bits per heavy atom. The highest BCUT2D eigenvalue weighted by molar-refractivity contribution is 5.36. The quantitative estimate of drug-likeness (QED) is 0.629. The van der Waals surface area contributed by atoms with Gasteiger partial charge in [-0.1, -0.05) is 23.8 Å². The standard InChI is InChI=1S/C14H18N2O/c1-9-4-5-10(2)12(8-9)14(16-15)13-7-6-11(3)17-13/h4-8,14,16H,15H2,1-3H3. The molecule has 1 aromatic carbocycles. The number of rotatable bonds is 3. The lowest BCUT2D eigenvalue weighted by atomic mass is 9.98. The molecule has 3 N–H and O–H groups in total. The number of hydrazine groups is 1. The van der Waals surface area contributed by atoms with Gasteiger partial charge in [0.1, 0.15) is 17.6 Å². The molecule has 2 aromatic rings. The minimum atomic E-state index is -0.0939. The first-order chi connectivity index (χ1) is 8.11. The minimum absolute atomic E-state index is 0.0939. The first-order valence-electron chi connectivity index (χ1n) is 5.71. The summed E-state index contributed by atoms with van der Waals surface area (Å²) in [5, 5.41) is 0. The number of hydrogen-bond donors (Lipinski definition) is 2. The van der Waals surface area contributed by atoms with Gasteiger partial charge in [-0.05, 0) is 44.0 Å². The highest BCUT2D eigenvalue weighted by atomic mass is 16.3. The summed E-state index contributed by atoms with van der Waals surface area (Å²) in [5.41, 5.74) is 6.40. The molecule has 1 heterocycles. The van der Waals surface area contributed by atoms with Gasteiger partial charge in [-0.25, -0.2) is 5.43 Å². The van der Waals surface area contributed by atoms with E-state index in [1.54, 1.807) is 0 Å². The summed E-state index contributed by atoms with van der Waals surface area (Å²) in [6.07, 6.45) is 0. The normalized spacial score (nSPS) is 12.7. The Hall–Kier alpha value is -1.58. The summed E-state index contributed by atoms with van der Waals surface area (Å²) in [6.45, 7) is 6.08. The topological polar surface area (TPSA) is 51.2 Å². The van der Waals surface area contributed by atoms with Crippen molar-refractivity contribution in [2.75, 3.05) is 0 Å². The first-order valence-corrected chi connectivity index (χ1v) is 5.71. The van der Waals surface area contributed by atoms with Crippen LogP contribution in [-0.4, -0.2) is 0 Å². The van der Waals surface area contributed by atoms with E-state index in [0.717, 1.165) is 17.1 Å². The molecule has 0 radical (unpaired) electrons. The predicted octanol–water partition coefficient (Wildman–Crippen LogP) is 2.76. The Bertz CT molecular complexity index is 517. The summed E-state index contributed by atoms with van der Waals surface area (Å²) in [4.78, 5) is 0. The molecule has 1 unspecified atom stereocenters. The summed E-state index contributed by atoms with van der Waals surface area (Å²) in [7, 11) is 0. The van der Waals surface area contributed by atoms with Crippen molar-refractivity contribution in [3.8, 4) is 0 Å². The number of nitrogens with one attached hydrogen (secondary N) is 1. The van der Waals surface area contributed by atoms with Gasteiger partial charge in [0.15, 0.2) is 0 Å². The van der Waals surface area contributed by atoms with Gasteiger partial charge in [-0.15, -0.1) is 0 Å². The molecule has 0 aliphatic rings. The van der Waals surface area contributed by atoms with Crippen LogP contribution < -0.4 is 11.3 Å². The summed E-state index contributed by atoms with van der Waals surface area (Å²) in [6, 6.07) is 10.2. The van der Waals surface area contributed by atoms with Crippen molar-refractivity contribution in [1.29, 1.82) is 0 Å². The predicted molar refractivity (Wildman–Crippen MR) is 68.5 cm³/mol. The third-order valence-electron chi connectivity index (χ3n) is 2.96. The van der Waals surface area contributed by atoms with E-state index in [1.165, 1.54) is 11.1 Å². The lowest BCUT2D eigenvalue weighted by Gasteiger charge is -2.17. The first kappa shape index (κ1) is 11.9. The molecular formula is C14H18N2O. The fraction of sp³-hybridized carbons (Fsp3) is 0.286. The van der Waals surface area contributed by atoms with Crippen molar-refractivity contribution in [3.05, 3.63) is 58.5 Å². The maximum Gasteiger partial charge on any atom is 0.126 e. The van der Waals surface area contributed by atoms with Gasteiger partial charge in [-0.3, -0.25) is 5.84 Å². The second-order valence-corrected chi connectivity index (χ2v) is 4.41. The van der Waals surface area contributed by atoms with Crippen LogP contribution >= 0.6 is 0 Å². The fourth-order valence-electron chi connectivity index (χ4n) is 2.00. The van der Waals surface area contributed by atoms with Crippen LogP contribution in [0.5, 0.6) is 0 Å². The zero-order valence-electron chi connectivity index (χ0n) is 10.4. The molecule has 3 nitrogen and oxygen atoms in total. The lowest BCUT2D eigenvalue weighted by Crippen LogP contribution is -2.29. The maximum atomic E-state index is 5.66. The summed E-state index contributed by atoms with van der Waals surface area (Å²) < 4.78 is 5.64. The van der Waals surface area contributed by atoms with Crippen molar-refractivity contribution >= 4 is 0 Å². The zero-order valence-corrected chi connectivity index (χ0v) is 10.4. The Balaban J connectivity index is 2.45. The number of furan rings is 1. The highest BCUT2D eigenvalue weighted by Gasteiger charge is 2.17. The van der Waals surface area contributed by atoms with Gasteiger partial charge in [0.25, 0.3) is 0 Å². The van der Waals surface area contributed by atoms with Gasteiger partial charge in [-0.2, -0.15) is 0 Å². The Kier molecular flexibility index (Phi) is 3.31. The molecule has 17 heavy (non-hydrogen) atoms. The Morgan fingerprint density at radius 1 is 1.12 bits per heavy atom. The van der Waals surface area contributed by atoms with E-state index in [0.29, 0.717) is 0 Å². The van der Waals surface area contributed by atoms with Crippen LogP contribution in [0.2, 0.25) is 0 Å². The molecule has 0 saturated heterocycles. The fourth-order valence-corrected chi connectivity index (χ4v) is 2.00. The van der Waals surface area contributed by atoms with Crippen LogP contribution in [0.1, 0.15) is 34.3 Å².